The third-order valence-corrected chi connectivity index (χ3v) is 2.77. The van der Waals surface area contributed by atoms with Gasteiger partial charge in [-0.25, -0.2) is 9.67 Å². The van der Waals surface area contributed by atoms with Crippen molar-refractivity contribution in [1.82, 2.24) is 20.1 Å². The first-order valence-corrected chi connectivity index (χ1v) is 6.17. The molecule has 7 nitrogen and oxygen atoms in total. The average Bonchev–Trinajstić information content (AvgIpc) is 2.99. The van der Waals surface area contributed by atoms with Gasteiger partial charge in [0, 0.05) is 13.7 Å². The molecule has 2 rings (SSSR count). The van der Waals surface area contributed by atoms with Crippen LogP contribution in [0.2, 0.25) is 0 Å². The monoisotopic (exact) mass is 275 g/mol. The number of ether oxygens (including phenoxy) is 1. The van der Waals surface area contributed by atoms with Crippen LogP contribution in [0.15, 0.2) is 36.9 Å². The van der Waals surface area contributed by atoms with E-state index in [4.69, 9.17) is 10.5 Å². The van der Waals surface area contributed by atoms with E-state index in [1.54, 1.807) is 11.0 Å². The Hall–Kier alpha value is -2.25. The number of amides is 1. The number of hydrogen-bond donors (Lipinski definition) is 2. The zero-order valence-electron chi connectivity index (χ0n) is 11.2. The molecule has 0 saturated heterocycles. The number of nitrogens with zero attached hydrogens (tertiary/aromatic N) is 3. The van der Waals surface area contributed by atoms with Gasteiger partial charge in [-0.3, -0.25) is 4.79 Å². The lowest BCUT2D eigenvalue weighted by Crippen LogP contribution is -2.43. The first-order valence-electron chi connectivity index (χ1n) is 6.17. The lowest BCUT2D eigenvalue weighted by atomic mass is 10.2. The highest BCUT2D eigenvalue weighted by Gasteiger charge is 2.12. The SMILES string of the molecule is COCC(N)C(=O)NCc1ccc(-n2cncn2)cc1. The Morgan fingerprint density at radius 2 is 2.20 bits per heavy atom. The Balaban J connectivity index is 1.90. The van der Waals surface area contributed by atoms with E-state index in [9.17, 15) is 4.79 Å². The summed E-state index contributed by atoms with van der Waals surface area (Å²) in [6.07, 6.45) is 3.10. The maximum Gasteiger partial charge on any atom is 0.239 e. The highest BCUT2D eigenvalue weighted by molar-refractivity contribution is 5.81. The molecule has 0 bridgehead atoms. The molecule has 1 aromatic heterocycles. The van der Waals surface area contributed by atoms with Crippen LogP contribution in [-0.4, -0.2) is 40.4 Å². The molecule has 0 saturated carbocycles. The fraction of sp³-hybridized carbons (Fsp3) is 0.308. The molecule has 1 amide bonds. The maximum atomic E-state index is 11.6. The molecule has 1 atom stereocenters. The van der Waals surface area contributed by atoms with E-state index in [-0.39, 0.29) is 12.5 Å². The summed E-state index contributed by atoms with van der Waals surface area (Å²) in [7, 11) is 1.51. The second kappa shape index (κ2) is 6.78. The lowest BCUT2D eigenvalue weighted by Gasteiger charge is -2.11. The number of nitrogens with two attached hydrogens (primary N) is 1. The molecule has 1 unspecified atom stereocenters. The second-order valence-corrected chi connectivity index (χ2v) is 4.29. The Morgan fingerprint density at radius 1 is 1.45 bits per heavy atom. The molecule has 0 aliphatic heterocycles. The molecule has 0 spiro atoms. The minimum Gasteiger partial charge on any atom is -0.383 e. The molecule has 0 radical (unpaired) electrons. The van der Waals surface area contributed by atoms with Crippen LogP contribution in [0.3, 0.4) is 0 Å². The minimum atomic E-state index is -0.644. The van der Waals surface area contributed by atoms with Crippen molar-refractivity contribution in [2.75, 3.05) is 13.7 Å². The molecule has 0 aliphatic rings. The summed E-state index contributed by atoms with van der Waals surface area (Å²) in [6, 6.07) is 7.00. The smallest absolute Gasteiger partial charge is 0.239 e. The third-order valence-electron chi connectivity index (χ3n) is 2.77. The molecule has 3 N–H and O–H groups in total. The van der Waals surface area contributed by atoms with Crippen molar-refractivity contribution in [2.24, 2.45) is 5.73 Å². The molecule has 7 heteroatoms. The number of aromatic nitrogens is 3. The van der Waals surface area contributed by atoms with Crippen molar-refractivity contribution in [3.05, 3.63) is 42.5 Å². The van der Waals surface area contributed by atoms with Crippen molar-refractivity contribution in [2.45, 2.75) is 12.6 Å². The Bertz CT molecular complexity index is 538. The second-order valence-electron chi connectivity index (χ2n) is 4.29. The fourth-order valence-corrected chi connectivity index (χ4v) is 1.68. The first-order chi connectivity index (χ1) is 9.70. The van der Waals surface area contributed by atoms with Crippen LogP contribution >= 0.6 is 0 Å². The van der Waals surface area contributed by atoms with Gasteiger partial charge in [0.2, 0.25) is 5.91 Å². The molecule has 106 valence electrons. The zero-order valence-corrected chi connectivity index (χ0v) is 11.2. The molecule has 1 aromatic carbocycles. The maximum absolute atomic E-state index is 11.6. The molecule has 0 fully saturated rings. The van der Waals surface area contributed by atoms with Crippen molar-refractivity contribution in [3.63, 3.8) is 0 Å². The molecule has 2 aromatic rings. The van der Waals surface area contributed by atoms with Crippen LogP contribution in [0.5, 0.6) is 0 Å². The summed E-state index contributed by atoms with van der Waals surface area (Å²) in [4.78, 5) is 15.5. The van der Waals surface area contributed by atoms with Gasteiger partial charge in [0.15, 0.2) is 0 Å². The number of carbonyl (C=O) groups is 1. The summed E-state index contributed by atoms with van der Waals surface area (Å²) in [6.45, 7) is 0.630. The van der Waals surface area contributed by atoms with Crippen molar-refractivity contribution in [1.29, 1.82) is 0 Å². The van der Waals surface area contributed by atoms with Crippen LogP contribution in [0.4, 0.5) is 0 Å². The summed E-state index contributed by atoms with van der Waals surface area (Å²) in [5.74, 6) is -0.229. The number of nitrogens with one attached hydrogen (secondary N) is 1. The van der Waals surface area contributed by atoms with Gasteiger partial charge in [-0.15, -0.1) is 0 Å². The normalized spacial score (nSPS) is 12.1. The van der Waals surface area contributed by atoms with Gasteiger partial charge in [-0.05, 0) is 17.7 Å². The highest BCUT2D eigenvalue weighted by Crippen LogP contribution is 2.07. The van der Waals surface area contributed by atoms with Gasteiger partial charge < -0.3 is 15.8 Å². The van der Waals surface area contributed by atoms with Gasteiger partial charge in [0.1, 0.15) is 18.7 Å². The van der Waals surface area contributed by atoms with Gasteiger partial charge in [-0.1, -0.05) is 12.1 Å². The molecular weight excluding hydrogens is 258 g/mol. The topological polar surface area (TPSA) is 95.1 Å². The summed E-state index contributed by atoms with van der Waals surface area (Å²) >= 11 is 0. The van der Waals surface area contributed by atoms with Crippen LogP contribution in [0, 0.1) is 0 Å². The first kappa shape index (κ1) is 14.2. The van der Waals surface area contributed by atoms with Crippen LogP contribution < -0.4 is 11.1 Å². The van der Waals surface area contributed by atoms with Crippen molar-refractivity contribution in [3.8, 4) is 5.69 Å². The number of hydrogen-bond acceptors (Lipinski definition) is 5. The Morgan fingerprint density at radius 3 is 2.80 bits per heavy atom. The van der Waals surface area contributed by atoms with Crippen molar-refractivity contribution < 1.29 is 9.53 Å². The highest BCUT2D eigenvalue weighted by atomic mass is 16.5. The lowest BCUT2D eigenvalue weighted by molar-refractivity contribution is -0.123. The predicted octanol–water partition coefficient (Wildman–Crippen LogP) is -0.143. The van der Waals surface area contributed by atoms with E-state index in [1.165, 1.54) is 13.4 Å². The molecule has 1 heterocycles. The van der Waals surface area contributed by atoms with Gasteiger partial charge in [0.05, 0.1) is 12.3 Å². The average molecular weight is 275 g/mol. The van der Waals surface area contributed by atoms with Gasteiger partial charge in [0.25, 0.3) is 0 Å². The Kier molecular flexibility index (Phi) is 4.80. The summed E-state index contributed by atoms with van der Waals surface area (Å²) in [5, 5.41) is 6.80. The van der Waals surface area contributed by atoms with Crippen LogP contribution in [-0.2, 0) is 16.1 Å². The minimum absolute atomic E-state index is 0.205. The predicted molar refractivity (Wildman–Crippen MR) is 73.1 cm³/mol. The number of rotatable bonds is 6. The van der Waals surface area contributed by atoms with Crippen molar-refractivity contribution >= 4 is 5.91 Å². The molecule has 0 aliphatic carbocycles. The number of methoxy groups -OCH3 is 1. The van der Waals surface area contributed by atoms with Gasteiger partial charge in [-0.2, -0.15) is 5.10 Å². The van der Waals surface area contributed by atoms with E-state index >= 15 is 0 Å². The van der Waals surface area contributed by atoms with E-state index in [0.717, 1.165) is 11.3 Å². The quantitative estimate of drug-likeness (QED) is 0.765. The molecule has 20 heavy (non-hydrogen) atoms. The summed E-state index contributed by atoms with van der Waals surface area (Å²) in [5.41, 5.74) is 7.51. The fourth-order valence-electron chi connectivity index (χ4n) is 1.68. The van der Waals surface area contributed by atoms with E-state index in [0.29, 0.717) is 6.54 Å². The van der Waals surface area contributed by atoms with Crippen LogP contribution in [0.1, 0.15) is 5.56 Å². The van der Waals surface area contributed by atoms with E-state index in [1.807, 2.05) is 24.3 Å². The van der Waals surface area contributed by atoms with Gasteiger partial charge >= 0.3 is 0 Å². The Labute approximate surface area is 116 Å². The third kappa shape index (κ3) is 3.62. The molecular formula is C13H17N5O2. The summed E-state index contributed by atoms with van der Waals surface area (Å²) < 4.78 is 6.50. The standard InChI is InChI=1S/C13H17N5O2/c1-20-7-12(14)13(19)16-6-10-2-4-11(5-3-10)18-9-15-8-17-18/h2-5,8-9,12H,6-7,14H2,1H3,(H,16,19). The zero-order chi connectivity index (χ0) is 14.4. The number of benzene rings is 1. The largest absolute Gasteiger partial charge is 0.383 e. The van der Waals surface area contributed by atoms with E-state index in [2.05, 4.69) is 15.4 Å². The number of carbonyl (C=O) groups excluding carboxylic acids is 1. The van der Waals surface area contributed by atoms with E-state index < -0.39 is 6.04 Å². The van der Waals surface area contributed by atoms with Crippen LogP contribution in [0.25, 0.3) is 5.69 Å².